The molecule has 0 fully saturated rings. The van der Waals surface area contributed by atoms with Crippen LogP contribution in [0.3, 0.4) is 0 Å². The molecule has 0 aromatic heterocycles. The van der Waals surface area contributed by atoms with Crippen molar-refractivity contribution in [1.82, 2.24) is 4.90 Å². The second-order valence-electron chi connectivity index (χ2n) is 3.63. The van der Waals surface area contributed by atoms with Crippen LogP contribution in [0.2, 0.25) is 0 Å². The fourth-order valence-corrected chi connectivity index (χ4v) is 1.60. The molecule has 1 aromatic rings. The van der Waals surface area contributed by atoms with Gasteiger partial charge < -0.3 is 10.5 Å². The fraction of sp³-hybridized carbons (Fsp3) is 0.500. The molecule has 2 N–H and O–H groups in total. The van der Waals surface area contributed by atoms with Crippen LogP contribution in [0.15, 0.2) is 18.2 Å². The zero-order valence-corrected chi connectivity index (χ0v) is 9.87. The number of ether oxygens (including phenoxy) is 1. The Hall–Kier alpha value is -1.13. The van der Waals surface area contributed by atoms with Crippen LogP contribution in [0.25, 0.3) is 0 Å². The predicted octanol–water partition coefficient (Wildman–Crippen LogP) is 1.61. The molecule has 0 saturated carbocycles. The smallest absolute Gasteiger partial charge is 0.165 e. The highest BCUT2D eigenvalue weighted by Crippen LogP contribution is 2.18. The Labute approximate surface area is 96.0 Å². The van der Waals surface area contributed by atoms with Crippen molar-refractivity contribution in [2.45, 2.75) is 13.5 Å². The summed E-state index contributed by atoms with van der Waals surface area (Å²) in [5.74, 6) is -0.0329. The molecule has 1 rings (SSSR count). The number of methoxy groups -OCH3 is 1. The highest BCUT2D eigenvalue weighted by molar-refractivity contribution is 5.29. The summed E-state index contributed by atoms with van der Waals surface area (Å²) in [6.07, 6.45) is 0. The van der Waals surface area contributed by atoms with Gasteiger partial charge in [-0.2, -0.15) is 0 Å². The highest BCUT2D eigenvalue weighted by Gasteiger charge is 2.06. The summed E-state index contributed by atoms with van der Waals surface area (Å²) < 4.78 is 18.3. The van der Waals surface area contributed by atoms with E-state index in [-0.39, 0.29) is 11.6 Å². The van der Waals surface area contributed by atoms with E-state index in [1.165, 1.54) is 13.2 Å². The zero-order chi connectivity index (χ0) is 12.0. The first-order chi connectivity index (χ1) is 7.71. The molecule has 0 aliphatic rings. The van der Waals surface area contributed by atoms with Crippen LogP contribution in [-0.4, -0.2) is 31.6 Å². The first-order valence-corrected chi connectivity index (χ1v) is 5.46. The molecule has 0 heterocycles. The van der Waals surface area contributed by atoms with E-state index < -0.39 is 0 Å². The van der Waals surface area contributed by atoms with E-state index in [1.54, 1.807) is 6.07 Å². The number of benzene rings is 1. The summed E-state index contributed by atoms with van der Waals surface area (Å²) in [6.45, 7) is 5.13. The minimum atomic E-state index is -0.316. The lowest BCUT2D eigenvalue weighted by Crippen LogP contribution is -2.28. The molecule has 0 bridgehead atoms. The molecule has 0 radical (unpaired) electrons. The number of rotatable bonds is 6. The minimum absolute atomic E-state index is 0.283. The summed E-state index contributed by atoms with van der Waals surface area (Å²) in [4.78, 5) is 2.17. The van der Waals surface area contributed by atoms with Crippen molar-refractivity contribution in [3.8, 4) is 5.75 Å². The molecule has 4 heteroatoms. The zero-order valence-electron chi connectivity index (χ0n) is 9.87. The van der Waals surface area contributed by atoms with Crippen molar-refractivity contribution in [3.63, 3.8) is 0 Å². The van der Waals surface area contributed by atoms with E-state index in [0.29, 0.717) is 13.1 Å². The molecule has 0 unspecified atom stereocenters. The second-order valence-corrected chi connectivity index (χ2v) is 3.63. The molecule has 90 valence electrons. The minimum Gasteiger partial charge on any atom is -0.494 e. The average molecular weight is 226 g/mol. The predicted molar refractivity (Wildman–Crippen MR) is 63.0 cm³/mol. The molecule has 0 aliphatic carbocycles. The van der Waals surface area contributed by atoms with E-state index in [9.17, 15) is 4.39 Å². The van der Waals surface area contributed by atoms with Crippen molar-refractivity contribution in [1.29, 1.82) is 0 Å². The Bertz CT molecular complexity index is 331. The van der Waals surface area contributed by atoms with Gasteiger partial charge in [0.05, 0.1) is 7.11 Å². The van der Waals surface area contributed by atoms with E-state index in [2.05, 4.69) is 11.8 Å². The lowest BCUT2D eigenvalue weighted by atomic mass is 10.2. The molecule has 1 aromatic carbocycles. The van der Waals surface area contributed by atoms with Gasteiger partial charge in [-0.15, -0.1) is 0 Å². The van der Waals surface area contributed by atoms with Gasteiger partial charge in [-0.3, -0.25) is 4.90 Å². The number of hydrogen-bond acceptors (Lipinski definition) is 3. The summed E-state index contributed by atoms with van der Waals surface area (Å²) in [7, 11) is 1.46. The summed E-state index contributed by atoms with van der Waals surface area (Å²) in [5.41, 5.74) is 6.44. The van der Waals surface area contributed by atoms with Crippen molar-refractivity contribution < 1.29 is 9.13 Å². The topological polar surface area (TPSA) is 38.5 Å². The molecular weight excluding hydrogens is 207 g/mol. The summed E-state index contributed by atoms with van der Waals surface area (Å²) >= 11 is 0. The lowest BCUT2D eigenvalue weighted by Gasteiger charge is -2.19. The highest BCUT2D eigenvalue weighted by atomic mass is 19.1. The van der Waals surface area contributed by atoms with Gasteiger partial charge in [0.2, 0.25) is 0 Å². The first-order valence-electron chi connectivity index (χ1n) is 5.46. The van der Waals surface area contributed by atoms with Crippen molar-refractivity contribution >= 4 is 0 Å². The molecule has 0 atom stereocenters. The summed E-state index contributed by atoms with van der Waals surface area (Å²) in [5, 5.41) is 0. The molecule has 0 aliphatic heterocycles. The quantitative estimate of drug-likeness (QED) is 0.801. The van der Waals surface area contributed by atoms with E-state index in [4.69, 9.17) is 10.5 Å². The van der Waals surface area contributed by atoms with Gasteiger partial charge in [0.1, 0.15) is 0 Å². The third-order valence-corrected chi connectivity index (χ3v) is 2.51. The van der Waals surface area contributed by atoms with Gasteiger partial charge in [0.15, 0.2) is 11.6 Å². The molecule has 0 amide bonds. The maximum absolute atomic E-state index is 13.4. The Balaban J connectivity index is 2.69. The number of halogens is 1. The van der Waals surface area contributed by atoms with Crippen molar-refractivity contribution in [2.24, 2.45) is 5.73 Å². The molecular formula is C12H19FN2O. The monoisotopic (exact) mass is 226 g/mol. The maximum atomic E-state index is 13.4. The van der Waals surface area contributed by atoms with Crippen LogP contribution in [0.5, 0.6) is 5.75 Å². The van der Waals surface area contributed by atoms with Gasteiger partial charge >= 0.3 is 0 Å². The van der Waals surface area contributed by atoms with E-state index >= 15 is 0 Å². The third-order valence-electron chi connectivity index (χ3n) is 2.51. The Morgan fingerprint density at radius 3 is 2.69 bits per heavy atom. The van der Waals surface area contributed by atoms with Gasteiger partial charge in [0.25, 0.3) is 0 Å². The Morgan fingerprint density at radius 1 is 1.44 bits per heavy atom. The normalized spacial score (nSPS) is 10.8. The van der Waals surface area contributed by atoms with Gasteiger partial charge in [-0.05, 0) is 24.2 Å². The summed E-state index contributed by atoms with van der Waals surface area (Å²) in [6, 6.07) is 5.04. The number of hydrogen-bond donors (Lipinski definition) is 1. The first kappa shape index (κ1) is 12.9. The van der Waals surface area contributed by atoms with E-state index in [0.717, 1.165) is 18.7 Å². The second kappa shape index (κ2) is 6.45. The SMILES string of the molecule is CCN(CCN)Cc1ccc(OC)c(F)c1. The molecule has 0 spiro atoms. The number of likely N-dealkylation sites (N-methyl/N-ethyl adjacent to an activating group) is 1. The van der Waals surface area contributed by atoms with Gasteiger partial charge in [-0.25, -0.2) is 4.39 Å². The number of nitrogens with two attached hydrogens (primary N) is 1. The fourth-order valence-electron chi connectivity index (χ4n) is 1.60. The Kier molecular flexibility index (Phi) is 5.22. The van der Waals surface area contributed by atoms with Crippen molar-refractivity contribution in [2.75, 3.05) is 26.7 Å². The maximum Gasteiger partial charge on any atom is 0.165 e. The Morgan fingerprint density at radius 2 is 2.19 bits per heavy atom. The lowest BCUT2D eigenvalue weighted by molar-refractivity contribution is 0.287. The molecule has 3 nitrogen and oxygen atoms in total. The van der Waals surface area contributed by atoms with Crippen LogP contribution in [-0.2, 0) is 6.54 Å². The largest absolute Gasteiger partial charge is 0.494 e. The molecule has 16 heavy (non-hydrogen) atoms. The van der Waals surface area contributed by atoms with Crippen LogP contribution in [0, 0.1) is 5.82 Å². The van der Waals surface area contributed by atoms with Crippen LogP contribution < -0.4 is 10.5 Å². The number of nitrogens with zero attached hydrogens (tertiary/aromatic N) is 1. The van der Waals surface area contributed by atoms with Crippen LogP contribution in [0.1, 0.15) is 12.5 Å². The van der Waals surface area contributed by atoms with Crippen LogP contribution in [0.4, 0.5) is 4.39 Å². The van der Waals surface area contributed by atoms with Crippen molar-refractivity contribution in [3.05, 3.63) is 29.6 Å². The van der Waals surface area contributed by atoms with Gasteiger partial charge in [-0.1, -0.05) is 13.0 Å². The molecule has 0 saturated heterocycles. The van der Waals surface area contributed by atoms with E-state index in [1.807, 2.05) is 6.07 Å². The average Bonchev–Trinajstić information content (AvgIpc) is 2.28. The third kappa shape index (κ3) is 3.47. The van der Waals surface area contributed by atoms with Gasteiger partial charge in [0, 0.05) is 19.6 Å². The van der Waals surface area contributed by atoms with Crippen LogP contribution >= 0.6 is 0 Å². The standard InChI is InChI=1S/C12H19FN2O/c1-3-15(7-6-14)9-10-4-5-12(16-2)11(13)8-10/h4-5,8H,3,6-7,9,14H2,1-2H3.